The van der Waals surface area contributed by atoms with E-state index in [1.54, 1.807) is 12.1 Å². The summed E-state index contributed by atoms with van der Waals surface area (Å²) in [5.41, 5.74) is 1.75. The molecule has 2 rings (SSSR count). The van der Waals surface area contributed by atoms with Crippen molar-refractivity contribution in [2.75, 3.05) is 0 Å². The lowest BCUT2D eigenvalue weighted by molar-refractivity contribution is -0.131. The Morgan fingerprint density at radius 2 is 1.79 bits per heavy atom. The van der Waals surface area contributed by atoms with E-state index in [9.17, 15) is 13.2 Å². The Kier molecular flexibility index (Phi) is 5.42. The van der Waals surface area contributed by atoms with Crippen LogP contribution < -0.4 is 4.74 Å². The second kappa shape index (κ2) is 7.33. The van der Waals surface area contributed by atoms with Gasteiger partial charge in [0.2, 0.25) is 0 Å². The molecule has 0 fully saturated rings. The van der Waals surface area contributed by atoms with Crippen LogP contribution in [0, 0.1) is 0 Å². The fourth-order valence-electron chi connectivity index (χ4n) is 1.89. The molecule has 0 bridgehead atoms. The quantitative estimate of drug-likeness (QED) is 0.382. The van der Waals surface area contributed by atoms with Crippen LogP contribution in [-0.4, -0.2) is 18.9 Å². The molecule has 0 aliphatic carbocycles. The molecule has 0 heterocycles. The van der Waals surface area contributed by atoms with Gasteiger partial charge in [-0.25, -0.2) is 0 Å². The highest BCUT2D eigenvalue weighted by Crippen LogP contribution is 2.31. The number of ether oxygens (including phenoxy) is 1. The first-order valence-corrected chi connectivity index (χ1v) is 8.54. The standard InChI is InChI=1S/C16H16N2O5S/c1-3-12-4-9-15(16(10-12)23-11(2)19)18-17-13-5-7-14(8-6-13)24(20,21)22/h4-10H,3H2,1-2H3,(H,20,21,22). The maximum Gasteiger partial charge on any atom is 0.308 e. The van der Waals surface area contributed by atoms with E-state index in [0.29, 0.717) is 17.1 Å². The summed E-state index contributed by atoms with van der Waals surface area (Å²) < 4.78 is 36.0. The van der Waals surface area contributed by atoms with Crippen molar-refractivity contribution in [2.45, 2.75) is 25.2 Å². The van der Waals surface area contributed by atoms with Gasteiger partial charge in [0.1, 0.15) is 5.69 Å². The van der Waals surface area contributed by atoms with E-state index in [4.69, 9.17) is 9.29 Å². The Morgan fingerprint density at radius 1 is 1.12 bits per heavy atom. The molecular weight excluding hydrogens is 332 g/mol. The Labute approximate surface area is 139 Å². The number of hydrogen-bond acceptors (Lipinski definition) is 6. The van der Waals surface area contributed by atoms with Crippen LogP contribution in [0.4, 0.5) is 11.4 Å². The highest BCUT2D eigenvalue weighted by molar-refractivity contribution is 7.85. The van der Waals surface area contributed by atoms with Crippen LogP contribution in [0.25, 0.3) is 0 Å². The van der Waals surface area contributed by atoms with Crippen molar-refractivity contribution in [2.24, 2.45) is 10.2 Å². The van der Waals surface area contributed by atoms with E-state index in [2.05, 4.69) is 10.2 Å². The summed E-state index contributed by atoms with van der Waals surface area (Å²) in [5.74, 6) is -0.155. The number of carbonyl (C=O) groups excluding carboxylic acids is 1. The number of azo groups is 1. The number of aryl methyl sites for hydroxylation is 1. The summed E-state index contributed by atoms with van der Waals surface area (Å²) in [6, 6.07) is 10.5. The third-order valence-electron chi connectivity index (χ3n) is 3.09. The molecule has 0 aliphatic heterocycles. The van der Waals surface area contributed by atoms with Gasteiger partial charge < -0.3 is 4.74 Å². The zero-order valence-electron chi connectivity index (χ0n) is 13.1. The molecule has 0 aliphatic rings. The molecule has 24 heavy (non-hydrogen) atoms. The molecule has 0 unspecified atom stereocenters. The maximum atomic E-state index is 11.2. The van der Waals surface area contributed by atoms with Gasteiger partial charge in [-0.3, -0.25) is 9.35 Å². The van der Waals surface area contributed by atoms with E-state index >= 15 is 0 Å². The van der Waals surface area contributed by atoms with E-state index < -0.39 is 16.1 Å². The summed E-state index contributed by atoms with van der Waals surface area (Å²) >= 11 is 0. The minimum Gasteiger partial charge on any atom is -0.424 e. The van der Waals surface area contributed by atoms with Crippen LogP contribution in [0.2, 0.25) is 0 Å². The third kappa shape index (κ3) is 4.71. The zero-order valence-corrected chi connectivity index (χ0v) is 13.9. The second-order valence-electron chi connectivity index (χ2n) is 4.92. The fourth-order valence-corrected chi connectivity index (χ4v) is 2.37. The van der Waals surface area contributed by atoms with Gasteiger partial charge in [-0.1, -0.05) is 13.0 Å². The lowest BCUT2D eigenvalue weighted by atomic mass is 10.1. The molecule has 126 valence electrons. The van der Waals surface area contributed by atoms with Crippen molar-refractivity contribution in [3.63, 3.8) is 0 Å². The lowest BCUT2D eigenvalue weighted by Crippen LogP contribution is -2.01. The van der Waals surface area contributed by atoms with Gasteiger partial charge >= 0.3 is 5.97 Å². The first kappa shape index (κ1) is 17.8. The van der Waals surface area contributed by atoms with E-state index in [1.807, 2.05) is 13.0 Å². The molecule has 7 nitrogen and oxygen atoms in total. The maximum absolute atomic E-state index is 11.2. The molecule has 0 amide bonds. The summed E-state index contributed by atoms with van der Waals surface area (Å²) in [5, 5.41) is 8.01. The molecule has 2 aromatic rings. The predicted octanol–water partition coefficient (Wildman–Crippen LogP) is 3.84. The topological polar surface area (TPSA) is 105 Å². The highest BCUT2D eigenvalue weighted by atomic mass is 32.2. The largest absolute Gasteiger partial charge is 0.424 e. The summed E-state index contributed by atoms with van der Waals surface area (Å²) in [6.45, 7) is 3.28. The van der Waals surface area contributed by atoms with Crippen molar-refractivity contribution in [3.8, 4) is 5.75 Å². The molecule has 0 saturated heterocycles. The number of carbonyl (C=O) groups is 1. The lowest BCUT2D eigenvalue weighted by Gasteiger charge is -2.06. The number of nitrogens with zero attached hydrogens (tertiary/aromatic N) is 2. The molecule has 2 aromatic carbocycles. The minimum atomic E-state index is -4.24. The highest BCUT2D eigenvalue weighted by Gasteiger charge is 2.09. The second-order valence-corrected chi connectivity index (χ2v) is 6.34. The molecule has 0 spiro atoms. The number of benzene rings is 2. The van der Waals surface area contributed by atoms with Crippen molar-refractivity contribution in [1.29, 1.82) is 0 Å². The molecule has 8 heteroatoms. The normalized spacial score (nSPS) is 11.6. The van der Waals surface area contributed by atoms with E-state index in [0.717, 1.165) is 12.0 Å². The van der Waals surface area contributed by atoms with Gasteiger partial charge in [0.05, 0.1) is 10.6 Å². The van der Waals surface area contributed by atoms with Gasteiger partial charge in [-0.2, -0.15) is 13.5 Å². The number of hydrogen-bond donors (Lipinski definition) is 1. The van der Waals surface area contributed by atoms with Gasteiger partial charge in [-0.15, -0.1) is 5.11 Å². The van der Waals surface area contributed by atoms with Crippen molar-refractivity contribution in [3.05, 3.63) is 48.0 Å². The van der Waals surface area contributed by atoms with Gasteiger partial charge in [0.15, 0.2) is 5.75 Å². The number of esters is 1. The van der Waals surface area contributed by atoms with Crippen LogP contribution in [0.5, 0.6) is 5.75 Å². The van der Waals surface area contributed by atoms with E-state index in [1.165, 1.54) is 31.2 Å². The van der Waals surface area contributed by atoms with Crippen LogP contribution in [-0.2, 0) is 21.3 Å². The average molecular weight is 348 g/mol. The van der Waals surface area contributed by atoms with Gasteiger partial charge in [0, 0.05) is 6.92 Å². The number of rotatable bonds is 5. The van der Waals surface area contributed by atoms with Crippen LogP contribution >= 0.6 is 0 Å². The monoisotopic (exact) mass is 348 g/mol. The first-order chi connectivity index (χ1) is 11.3. The Balaban J connectivity index is 2.29. The molecular formula is C16H16N2O5S. The fraction of sp³-hybridized carbons (Fsp3) is 0.188. The SMILES string of the molecule is CCc1ccc(N=Nc2ccc(S(=O)(=O)O)cc2)c(OC(C)=O)c1. The van der Waals surface area contributed by atoms with Crippen LogP contribution in [0.15, 0.2) is 57.6 Å². The molecule has 1 N–H and O–H groups in total. The van der Waals surface area contributed by atoms with Crippen molar-refractivity contribution >= 4 is 27.5 Å². The van der Waals surface area contributed by atoms with E-state index in [-0.39, 0.29) is 4.90 Å². The summed E-state index contributed by atoms with van der Waals surface area (Å²) in [6.07, 6.45) is 0.781. The van der Waals surface area contributed by atoms with Crippen molar-refractivity contribution < 1.29 is 22.5 Å². The molecule has 0 saturated carbocycles. The van der Waals surface area contributed by atoms with Crippen LogP contribution in [0.3, 0.4) is 0 Å². The molecule has 0 radical (unpaired) electrons. The summed E-state index contributed by atoms with van der Waals surface area (Å²) in [4.78, 5) is 11.0. The average Bonchev–Trinajstić information content (AvgIpc) is 2.52. The first-order valence-electron chi connectivity index (χ1n) is 7.10. The Bertz CT molecular complexity index is 874. The minimum absolute atomic E-state index is 0.227. The Hall–Kier alpha value is -2.58. The van der Waals surface area contributed by atoms with Crippen molar-refractivity contribution in [1.82, 2.24) is 0 Å². The molecule has 0 atom stereocenters. The molecule has 0 aromatic heterocycles. The Morgan fingerprint density at radius 3 is 2.33 bits per heavy atom. The third-order valence-corrected chi connectivity index (χ3v) is 3.96. The van der Waals surface area contributed by atoms with Gasteiger partial charge in [0.25, 0.3) is 10.1 Å². The summed E-state index contributed by atoms with van der Waals surface area (Å²) in [7, 11) is -4.24. The van der Waals surface area contributed by atoms with Crippen LogP contribution in [0.1, 0.15) is 19.4 Å². The van der Waals surface area contributed by atoms with Gasteiger partial charge in [-0.05, 0) is 48.4 Å². The smallest absolute Gasteiger partial charge is 0.308 e. The predicted molar refractivity (Wildman–Crippen MR) is 87.6 cm³/mol. The zero-order chi connectivity index (χ0) is 17.7.